The number of benzene rings is 4. The van der Waals surface area contributed by atoms with Crippen molar-refractivity contribution in [1.82, 2.24) is 95.3 Å². The maximum atomic E-state index is 15.1. The van der Waals surface area contributed by atoms with Gasteiger partial charge in [-0.05, 0) is 78.6 Å². The molecule has 2 fully saturated rings. The number of nitrogens with two attached hydrogens (primary N) is 3. The van der Waals surface area contributed by atoms with Crippen molar-refractivity contribution in [2.24, 2.45) is 22.6 Å². The molecule has 2 aliphatic rings. The number of nitrogens with zero attached hydrogens (tertiary/aromatic N) is 1. The number of carboxylic acids is 4. The van der Waals surface area contributed by atoms with E-state index < -0.39 is 314 Å². The molecule has 0 aromatic heterocycles. The molecular formula is C89H121N21O28S3. The van der Waals surface area contributed by atoms with Gasteiger partial charge in [-0.3, -0.25) is 115 Å². The molecule has 0 saturated carbocycles. The highest BCUT2D eigenvalue weighted by Crippen LogP contribution is 2.24. The number of carboxylic acid groups (broad SMARTS) is 4. The Bertz CT molecular complexity index is 5190. The predicted molar refractivity (Wildman–Crippen MR) is 510 cm³/mol. The zero-order valence-electron chi connectivity index (χ0n) is 78.0. The van der Waals surface area contributed by atoms with Crippen molar-refractivity contribution in [3.8, 4) is 5.75 Å². The number of primary amides is 2. The summed E-state index contributed by atoms with van der Waals surface area (Å²) >= 11 is 2.31. The molecule has 28 N–H and O–H groups in total. The van der Waals surface area contributed by atoms with Crippen LogP contribution in [0.15, 0.2) is 97.1 Å². The molecule has 768 valence electrons. The van der Waals surface area contributed by atoms with E-state index in [4.69, 9.17) is 17.2 Å². The molecule has 0 radical (unpaired) electrons. The first-order valence-corrected chi connectivity index (χ1v) is 48.0. The molecule has 49 nitrogen and oxygen atoms in total. The monoisotopic (exact) mass is 2030 g/mol. The minimum absolute atomic E-state index is 0.0246. The van der Waals surface area contributed by atoms with Crippen molar-refractivity contribution in [2.45, 2.75) is 196 Å². The lowest BCUT2D eigenvalue weighted by atomic mass is 9.85. The van der Waals surface area contributed by atoms with Gasteiger partial charge in [0.2, 0.25) is 112 Å². The Morgan fingerprint density at radius 3 is 1.30 bits per heavy atom. The number of nitrogens with one attached hydrogen (secondary N) is 17. The number of aliphatic carboxylic acids is 4. The third-order valence-electron chi connectivity index (χ3n) is 21.5. The summed E-state index contributed by atoms with van der Waals surface area (Å²) in [7, 11) is 0. The number of hydrogen-bond acceptors (Lipinski definition) is 29. The molecule has 6 rings (SSSR count). The molecule has 2 aliphatic heterocycles. The molecule has 141 heavy (non-hydrogen) atoms. The number of phenolic OH excluding ortho intramolecular Hbond substituents is 1. The standard InChI is InChI=1S/C89H121N21O28S3/c1-45(90)75(125)107-63-40-140-43-67(114)94-28-31-110-30-27-93-66(113)42-139-39-62(74(92)124)106-88(138)73(89(4,5)6)109-85(135)61(38-72(122)123)105-82(132)57(34-49-19-21-52(111)22-20-49)101-81(131)56(33-48-13-8-7-9-14-48)102-84(134)60(37-71(120)121)104-79(129)55(24-26-70(118)119)99-87(137)64(41-141-44-68(115)95-29-32-110)108-77(127)47(3)96-80(130)58(35-51-17-12-16-50-15-10-11-18-53(50)51)103-78(128)54(23-25-69(116)117)98-83(133)59(36-65(91)112)100-76(126)46(2)97-86(63)136/h7-22,45-47,54-64,73,111H,23-44,90H2,1-6H3,(H2,91,112)(H2,92,124)(H,93,113)(H,94,114)(H,95,115)(H,96,130)(H,97,136)(H,98,133)(H,99,137)(H,100,126)(H,101,131)(H,102,134)(H,103,128)(H,104,129)(H,105,132)(H,106,138)(H,107,125)(H,108,127)(H,109,135)(H,116,117)(H,118,119)(H,120,121)(H,122,123)/t45-,46+,47+,54-,55-,56-,57-,58-,59-,60-,61-,62-,63-,64-,73+/m0/s1. The highest BCUT2D eigenvalue weighted by Gasteiger charge is 2.42. The maximum Gasteiger partial charge on any atom is 0.305 e. The van der Waals surface area contributed by atoms with Crippen LogP contribution in [0.3, 0.4) is 0 Å². The molecule has 0 spiro atoms. The number of carbonyl (C=O) groups excluding carboxylic acids is 19. The number of amides is 19. The second-order valence-electron chi connectivity index (χ2n) is 34.2. The van der Waals surface area contributed by atoms with Crippen molar-refractivity contribution in [2.75, 3.05) is 73.8 Å². The molecule has 4 aromatic carbocycles. The van der Waals surface area contributed by atoms with Gasteiger partial charge in [-0.2, -0.15) is 0 Å². The first-order chi connectivity index (χ1) is 66.5. The number of rotatable bonds is 21. The molecular weight excluding hydrogens is 1910 g/mol. The Morgan fingerprint density at radius 1 is 0.418 bits per heavy atom. The Morgan fingerprint density at radius 2 is 0.816 bits per heavy atom. The Kier molecular flexibility index (Phi) is 46.9. The zero-order chi connectivity index (χ0) is 104. The SMILES string of the molecule is C[C@H](N)C(=O)N[C@H]1CSCC(=O)NCCN2CCNC(=O)CSC[C@@H](C(N)=O)NC(=O)[C@H](C(C)(C)C)NC(=O)[C@H](CC(=O)O)NC(=O)[C@H](Cc3ccc(O)cc3)NC(=O)[C@H](Cc3ccccc3)NC(=O)[C@H](CC(=O)O)NC(=O)[C@H](CCC(=O)O)NC(=O)[C@H](CSCC(=O)NCC2)NC(=O)[C@@H](C)NC(=O)[C@H](Cc2cccc3ccccc23)NC(=O)[C@H](CCC(=O)O)NC(=O)[C@H](CC(N)=O)NC(=O)[C@@H](C)NC1=O. The number of aromatic hydroxyl groups is 1. The van der Waals surface area contributed by atoms with E-state index in [1.807, 2.05) is 0 Å². The smallest absolute Gasteiger partial charge is 0.305 e. The van der Waals surface area contributed by atoms with E-state index in [1.165, 1.54) is 76.2 Å². The van der Waals surface area contributed by atoms with Crippen LogP contribution in [0, 0.1) is 5.41 Å². The van der Waals surface area contributed by atoms with Gasteiger partial charge in [0.25, 0.3) is 0 Å². The highest BCUT2D eigenvalue weighted by molar-refractivity contribution is 8.00. The molecule has 2 bridgehead atoms. The molecule has 1 unspecified atom stereocenters. The Labute approximate surface area is 821 Å². The quantitative estimate of drug-likeness (QED) is 0.0368. The fourth-order valence-corrected chi connectivity index (χ4v) is 16.6. The summed E-state index contributed by atoms with van der Waals surface area (Å²) in [6, 6.07) is -3.14. The number of phenols is 1. The van der Waals surface area contributed by atoms with Crippen LogP contribution in [0.1, 0.15) is 103 Å². The summed E-state index contributed by atoms with van der Waals surface area (Å²) in [4.78, 5) is 323. The van der Waals surface area contributed by atoms with E-state index in [1.54, 1.807) is 53.4 Å². The third-order valence-corrected chi connectivity index (χ3v) is 24.7. The van der Waals surface area contributed by atoms with E-state index in [-0.39, 0.29) is 73.4 Å². The van der Waals surface area contributed by atoms with Crippen molar-refractivity contribution in [3.63, 3.8) is 0 Å². The van der Waals surface area contributed by atoms with Crippen LogP contribution in [-0.2, 0) is 130 Å². The van der Waals surface area contributed by atoms with E-state index in [9.17, 15) is 121 Å². The Hall–Kier alpha value is -14.3. The number of fused-ring (bicyclic) bond motifs is 9. The molecule has 16 atom stereocenters. The average Bonchev–Trinajstić information content (AvgIpc) is 0.831. The van der Waals surface area contributed by atoms with Gasteiger partial charge in [0.15, 0.2) is 0 Å². The minimum atomic E-state index is -2.28. The fourth-order valence-electron chi connectivity index (χ4n) is 13.9. The number of carbonyl (C=O) groups is 23. The summed E-state index contributed by atoms with van der Waals surface area (Å²) in [5.74, 6) is -31.2. The van der Waals surface area contributed by atoms with E-state index >= 15 is 14.4 Å². The van der Waals surface area contributed by atoms with E-state index in [0.717, 1.165) is 37.4 Å². The van der Waals surface area contributed by atoms with Crippen LogP contribution in [-0.4, -0.2) is 331 Å². The molecule has 2 saturated heterocycles. The maximum absolute atomic E-state index is 15.1. The van der Waals surface area contributed by atoms with Crippen molar-refractivity contribution in [3.05, 3.63) is 114 Å². The molecule has 52 heteroatoms. The Balaban J connectivity index is 1.49. The van der Waals surface area contributed by atoms with Gasteiger partial charge in [0.1, 0.15) is 90.3 Å². The zero-order valence-corrected chi connectivity index (χ0v) is 80.4. The van der Waals surface area contributed by atoms with Crippen molar-refractivity contribution in [1.29, 1.82) is 0 Å². The van der Waals surface area contributed by atoms with Gasteiger partial charge in [0, 0.05) is 88.6 Å². The van der Waals surface area contributed by atoms with E-state index in [2.05, 4.69) is 90.4 Å². The summed E-state index contributed by atoms with van der Waals surface area (Å²) in [5.41, 5.74) is 16.7. The summed E-state index contributed by atoms with van der Waals surface area (Å²) in [6.45, 7) is 7.37. The van der Waals surface area contributed by atoms with Crippen LogP contribution in [0.25, 0.3) is 10.8 Å². The lowest BCUT2D eigenvalue weighted by molar-refractivity contribution is -0.142. The topological polar surface area (TPSA) is 780 Å². The molecule has 4 aromatic rings. The van der Waals surface area contributed by atoms with E-state index in [0.29, 0.717) is 28.1 Å². The molecule has 2 heterocycles. The first kappa shape index (κ1) is 115. The lowest BCUT2D eigenvalue weighted by Crippen LogP contribution is -2.62. The van der Waals surface area contributed by atoms with Gasteiger partial charge < -0.3 is 133 Å². The summed E-state index contributed by atoms with van der Waals surface area (Å²) in [5, 5.41) is 93.4. The van der Waals surface area contributed by atoms with Crippen molar-refractivity contribution < 1.29 is 136 Å². The first-order valence-electron chi connectivity index (χ1n) is 44.5. The third kappa shape index (κ3) is 41.0. The highest BCUT2D eigenvalue weighted by atomic mass is 32.2. The fraction of sp³-hybridized carbons (Fsp3) is 0.494. The van der Waals surface area contributed by atoms with Crippen LogP contribution in [0.5, 0.6) is 5.75 Å². The lowest BCUT2D eigenvalue weighted by Gasteiger charge is -2.33. The minimum Gasteiger partial charge on any atom is -0.508 e. The second kappa shape index (κ2) is 57.3. The normalized spacial score (nSPS) is 24.7. The number of thioether (sulfide) groups is 3. The van der Waals surface area contributed by atoms with Gasteiger partial charge in [-0.25, -0.2) is 0 Å². The van der Waals surface area contributed by atoms with Gasteiger partial charge in [-0.15, -0.1) is 35.3 Å². The van der Waals surface area contributed by atoms with Crippen LogP contribution in [0.4, 0.5) is 0 Å². The van der Waals surface area contributed by atoms with Crippen LogP contribution < -0.4 is 108 Å². The van der Waals surface area contributed by atoms with Crippen LogP contribution >= 0.6 is 35.3 Å². The van der Waals surface area contributed by atoms with Gasteiger partial charge in [0.05, 0.1) is 42.6 Å². The second-order valence-corrected chi connectivity index (χ2v) is 37.3. The van der Waals surface area contributed by atoms with Gasteiger partial charge >= 0.3 is 23.9 Å². The molecule has 19 amide bonds. The summed E-state index contributed by atoms with van der Waals surface area (Å²) in [6.07, 6.45) is -8.45. The average molecular weight is 2030 g/mol. The number of hydrogen-bond donors (Lipinski definition) is 25. The molecule has 0 aliphatic carbocycles. The predicted octanol–water partition coefficient (Wildman–Crippen LogP) is -7.29. The largest absolute Gasteiger partial charge is 0.508 e. The van der Waals surface area contributed by atoms with Crippen molar-refractivity contribution >= 4 is 182 Å². The van der Waals surface area contributed by atoms with Crippen LogP contribution in [0.2, 0.25) is 0 Å². The summed E-state index contributed by atoms with van der Waals surface area (Å²) < 4.78 is 0. The van der Waals surface area contributed by atoms with Gasteiger partial charge in [-0.1, -0.05) is 106 Å².